The zero-order chi connectivity index (χ0) is 17.1. The molecule has 0 saturated carbocycles. The highest BCUT2D eigenvalue weighted by atomic mass is 16.3. The first-order chi connectivity index (χ1) is 10.9. The standard InChI is InChI=1S/C18H24N2O3/c1-5-11-20-16(12-7-9-13(10-8-12)19(3)4)15(14(21)6-2)17(22)18(20)23/h7-10,16,22H,5-6,11H2,1-4H3. The summed E-state index contributed by atoms with van der Waals surface area (Å²) in [5.41, 5.74) is 2.11. The quantitative estimate of drug-likeness (QED) is 0.876. The Labute approximate surface area is 137 Å². The van der Waals surface area contributed by atoms with E-state index >= 15 is 0 Å². The highest BCUT2D eigenvalue weighted by Crippen LogP contribution is 2.38. The van der Waals surface area contributed by atoms with Crippen LogP contribution in [0.2, 0.25) is 0 Å². The Morgan fingerprint density at radius 1 is 1.22 bits per heavy atom. The summed E-state index contributed by atoms with van der Waals surface area (Å²) in [6, 6.07) is 7.24. The molecule has 23 heavy (non-hydrogen) atoms. The molecule has 1 atom stereocenters. The van der Waals surface area contributed by atoms with Gasteiger partial charge in [-0.15, -0.1) is 0 Å². The predicted molar refractivity (Wildman–Crippen MR) is 90.5 cm³/mol. The average molecular weight is 316 g/mol. The lowest BCUT2D eigenvalue weighted by atomic mass is 9.95. The molecule has 0 spiro atoms. The van der Waals surface area contributed by atoms with Crippen molar-refractivity contribution in [2.75, 3.05) is 25.5 Å². The van der Waals surface area contributed by atoms with Crippen molar-refractivity contribution in [1.82, 2.24) is 4.90 Å². The molecule has 5 nitrogen and oxygen atoms in total. The molecule has 0 aromatic heterocycles. The maximum absolute atomic E-state index is 12.3. The molecule has 0 saturated heterocycles. The number of hydrogen-bond donors (Lipinski definition) is 1. The first kappa shape index (κ1) is 17.1. The molecule has 124 valence electrons. The number of hydrogen-bond acceptors (Lipinski definition) is 4. The third kappa shape index (κ3) is 3.09. The van der Waals surface area contributed by atoms with Crippen molar-refractivity contribution >= 4 is 17.4 Å². The van der Waals surface area contributed by atoms with Gasteiger partial charge < -0.3 is 14.9 Å². The summed E-state index contributed by atoms with van der Waals surface area (Å²) in [7, 11) is 3.91. The Bertz CT molecular complexity index is 632. The van der Waals surface area contributed by atoms with E-state index in [9.17, 15) is 14.7 Å². The second-order valence-corrected chi connectivity index (χ2v) is 5.93. The molecular formula is C18H24N2O3. The Balaban J connectivity index is 2.48. The van der Waals surface area contributed by atoms with Gasteiger partial charge in [-0.2, -0.15) is 0 Å². The molecule has 1 aliphatic rings. The zero-order valence-corrected chi connectivity index (χ0v) is 14.2. The van der Waals surface area contributed by atoms with Gasteiger partial charge in [0.25, 0.3) is 5.91 Å². The van der Waals surface area contributed by atoms with Gasteiger partial charge in [0, 0.05) is 32.7 Å². The van der Waals surface area contributed by atoms with E-state index in [2.05, 4.69) is 0 Å². The van der Waals surface area contributed by atoms with Crippen LogP contribution in [0.25, 0.3) is 0 Å². The van der Waals surface area contributed by atoms with E-state index in [1.165, 1.54) is 0 Å². The summed E-state index contributed by atoms with van der Waals surface area (Å²) >= 11 is 0. The number of ketones is 1. The van der Waals surface area contributed by atoms with Gasteiger partial charge in [0.2, 0.25) is 0 Å². The Hall–Kier alpha value is -2.30. The number of carbonyl (C=O) groups is 2. The van der Waals surface area contributed by atoms with E-state index in [1.54, 1.807) is 11.8 Å². The Morgan fingerprint density at radius 3 is 2.30 bits per heavy atom. The van der Waals surface area contributed by atoms with E-state index < -0.39 is 17.7 Å². The van der Waals surface area contributed by atoms with Gasteiger partial charge in [0.15, 0.2) is 11.5 Å². The van der Waals surface area contributed by atoms with Crippen LogP contribution in [-0.2, 0) is 9.59 Å². The number of Topliss-reactive ketones (excluding diaryl/α,β-unsaturated/α-hetero) is 1. The smallest absolute Gasteiger partial charge is 0.290 e. The van der Waals surface area contributed by atoms with Crippen LogP contribution >= 0.6 is 0 Å². The van der Waals surface area contributed by atoms with Crippen LogP contribution in [0, 0.1) is 0 Å². The average Bonchev–Trinajstić information content (AvgIpc) is 2.79. The van der Waals surface area contributed by atoms with Crippen molar-refractivity contribution in [2.24, 2.45) is 0 Å². The van der Waals surface area contributed by atoms with Crippen LogP contribution in [-0.4, -0.2) is 42.3 Å². The molecule has 0 aliphatic carbocycles. The van der Waals surface area contributed by atoms with Gasteiger partial charge in [-0.05, 0) is 24.1 Å². The molecule has 1 heterocycles. The summed E-state index contributed by atoms with van der Waals surface area (Å²) in [6.45, 7) is 4.21. The van der Waals surface area contributed by atoms with Crippen LogP contribution in [0.1, 0.15) is 38.3 Å². The van der Waals surface area contributed by atoms with E-state index in [0.29, 0.717) is 6.54 Å². The lowest BCUT2D eigenvalue weighted by molar-refractivity contribution is -0.129. The number of benzene rings is 1. The zero-order valence-electron chi connectivity index (χ0n) is 14.2. The van der Waals surface area contributed by atoms with E-state index in [0.717, 1.165) is 17.7 Å². The van der Waals surface area contributed by atoms with Crippen molar-refractivity contribution in [1.29, 1.82) is 0 Å². The third-order valence-corrected chi connectivity index (χ3v) is 4.11. The van der Waals surface area contributed by atoms with Crippen molar-refractivity contribution in [3.8, 4) is 0 Å². The minimum atomic E-state index is -0.494. The van der Waals surface area contributed by atoms with E-state index in [4.69, 9.17) is 0 Å². The fraction of sp³-hybridized carbons (Fsp3) is 0.444. The predicted octanol–water partition coefficient (Wildman–Crippen LogP) is 2.84. The van der Waals surface area contributed by atoms with E-state index in [-0.39, 0.29) is 17.8 Å². The van der Waals surface area contributed by atoms with Crippen molar-refractivity contribution in [3.05, 3.63) is 41.2 Å². The first-order valence-corrected chi connectivity index (χ1v) is 7.96. The number of amides is 1. The van der Waals surface area contributed by atoms with Gasteiger partial charge in [-0.25, -0.2) is 0 Å². The maximum atomic E-state index is 12.3. The molecule has 2 rings (SSSR count). The minimum absolute atomic E-state index is 0.184. The summed E-state index contributed by atoms with van der Waals surface area (Å²) in [5.74, 6) is -1.03. The fourth-order valence-electron chi connectivity index (χ4n) is 2.90. The minimum Gasteiger partial charge on any atom is -0.503 e. The van der Waals surface area contributed by atoms with Crippen LogP contribution in [0.4, 0.5) is 5.69 Å². The van der Waals surface area contributed by atoms with Crippen LogP contribution in [0.15, 0.2) is 35.6 Å². The molecule has 1 aromatic carbocycles. The van der Waals surface area contributed by atoms with Crippen molar-refractivity contribution in [3.63, 3.8) is 0 Å². The monoisotopic (exact) mass is 316 g/mol. The van der Waals surface area contributed by atoms with Crippen LogP contribution < -0.4 is 4.90 Å². The molecule has 1 aromatic rings. The number of nitrogens with zero attached hydrogens (tertiary/aromatic N) is 2. The Kier molecular flexibility index (Phi) is 5.08. The second-order valence-electron chi connectivity index (χ2n) is 5.93. The molecule has 1 amide bonds. The molecule has 1 N–H and O–H groups in total. The molecule has 0 radical (unpaired) electrons. The highest BCUT2D eigenvalue weighted by Gasteiger charge is 2.42. The van der Waals surface area contributed by atoms with Crippen molar-refractivity contribution in [2.45, 2.75) is 32.7 Å². The molecule has 0 bridgehead atoms. The largest absolute Gasteiger partial charge is 0.503 e. The summed E-state index contributed by atoms with van der Waals surface area (Å²) < 4.78 is 0. The summed E-state index contributed by atoms with van der Waals surface area (Å²) in [4.78, 5) is 28.2. The molecule has 1 aliphatic heterocycles. The lowest BCUT2D eigenvalue weighted by Gasteiger charge is -2.26. The van der Waals surface area contributed by atoms with Gasteiger partial charge in [0.05, 0.1) is 11.6 Å². The summed E-state index contributed by atoms with van der Waals surface area (Å²) in [6.07, 6.45) is 1.03. The normalized spacial score (nSPS) is 17.8. The van der Waals surface area contributed by atoms with Gasteiger partial charge >= 0.3 is 0 Å². The number of aliphatic hydroxyl groups excluding tert-OH is 1. The molecule has 5 heteroatoms. The van der Waals surface area contributed by atoms with Gasteiger partial charge in [0.1, 0.15) is 0 Å². The van der Waals surface area contributed by atoms with Gasteiger partial charge in [-0.3, -0.25) is 9.59 Å². The van der Waals surface area contributed by atoms with Crippen molar-refractivity contribution < 1.29 is 14.7 Å². The number of anilines is 1. The fourth-order valence-corrected chi connectivity index (χ4v) is 2.90. The molecule has 0 fully saturated rings. The molecular weight excluding hydrogens is 292 g/mol. The van der Waals surface area contributed by atoms with Gasteiger partial charge in [-0.1, -0.05) is 26.0 Å². The molecule has 1 unspecified atom stereocenters. The topological polar surface area (TPSA) is 60.9 Å². The maximum Gasteiger partial charge on any atom is 0.290 e. The summed E-state index contributed by atoms with van der Waals surface area (Å²) in [5, 5.41) is 10.2. The number of rotatable bonds is 6. The first-order valence-electron chi connectivity index (χ1n) is 7.96. The second kappa shape index (κ2) is 6.86. The number of carbonyl (C=O) groups excluding carboxylic acids is 2. The van der Waals surface area contributed by atoms with Crippen LogP contribution in [0.3, 0.4) is 0 Å². The highest BCUT2D eigenvalue weighted by molar-refractivity contribution is 6.08. The number of aliphatic hydroxyl groups is 1. The van der Waals surface area contributed by atoms with Crippen LogP contribution in [0.5, 0.6) is 0 Å². The van der Waals surface area contributed by atoms with E-state index in [1.807, 2.05) is 50.2 Å². The lowest BCUT2D eigenvalue weighted by Crippen LogP contribution is -2.31. The Morgan fingerprint density at radius 2 is 1.83 bits per heavy atom. The third-order valence-electron chi connectivity index (χ3n) is 4.11. The SMILES string of the molecule is CCCN1C(=O)C(O)=C(C(=O)CC)C1c1ccc(N(C)C)cc1.